The van der Waals surface area contributed by atoms with Crippen molar-refractivity contribution in [3.63, 3.8) is 0 Å². The minimum Gasteiger partial charge on any atom is -0.481 e. The summed E-state index contributed by atoms with van der Waals surface area (Å²) in [5, 5.41) is 22.8. The zero-order valence-electron chi connectivity index (χ0n) is 12.5. The van der Waals surface area contributed by atoms with E-state index in [1.165, 1.54) is 6.07 Å². The Labute approximate surface area is 123 Å². The largest absolute Gasteiger partial charge is 0.481 e. The van der Waals surface area contributed by atoms with Gasteiger partial charge < -0.3 is 10.4 Å². The fourth-order valence-electron chi connectivity index (χ4n) is 2.22. The molecule has 2 N–H and O–H groups in total. The van der Waals surface area contributed by atoms with E-state index < -0.39 is 10.9 Å². The van der Waals surface area contributed by atoms with Gasteiger partial charge in [0.1, 0.15) is 0 Å². The number of pyridine rings is 1. The van der Waals surface area contributed by atoms with E-state index in [1.54, 1.807) is 13.1 Å². The Bertz CT molecular complexity index is 517. The molecule has 1 aromatic heterocycles. The summed E-state index contributed by atoms with van der Waals surface area (Å²) in [6.45, 7) is 6.11. The van der Waals surface area contributed by atoms with Crippen molar-refractivity contribution in [1.82, 2.24) is 4.98 Å². The number of nitro groups is 1. The van der Waals surface area contributed by atoms with Crippen molar-refractivity contribution in [3.8, 4) is 0 Å². The number of carbonyl (C=O) groups is 1. The zero-order chi connectivity index (χ0) is 16.0. The molecule has 7 heteroatoms. The molecule has 1 heterocycles. The highest BCUT2D eigenvalue weighted by Gasteiger charge is 2.19. The smallest absolute Gasteiger partial charge is 0.311 e. The molecule has 0 radical (unpaired) electrons. The number of rotatable bonds is 8. The third-order valence-corrected chi connectivity index (χ3v) is 3.03. The minimum atomic E-state index is -0.867. The predicted octanol–water partition coefficient (Wildman–Crippen LogP) is 2.85. The molecule has 0 amide bonds. The molecule has 21 heavy (non-hydrogen) atoms. The molecule has 1 unspecified atom stereocenters. The summed E-state index contributed by atoms with van der Waals surface area (Å²) in [6.07, 6.45) is 2.31. The Morgan fingerprint density at radius 1 is 1.52 bits per heavy atom. The number of carboxylic acids is 1. The second-order valence-electron chi connectivity index (χ2n) is 5.61. The van der Waals surface area contributed by atoms with Gasteiger partial charge in [-0.05, 0) is 30.7 Å². The van der Waals surface area contributed by atoms with Crippen LogP contribution in [0.2, 0.25) is 0 Å². The van der Waals surface area contributed by atoms with E-state index in [0.29, 0.717) is 18.0 Å². The topological polar surface area (TPSA) is 105 Å². The predicted molar refractivity (Wildman–Crippen MR) is 79.3 cm³/mol. The van der Waals surface area contributed by atoms with Crippen LogP contribution in [0.4, 0.5) is 11.5 Å². The van der Waals surface area contributed by atoms with Crippen LogP contribution < -0.4 is 5.32 Å². The molecule has 0 fully saturated rings. The number of hydrogen-bond acceptors (Lipinski definition) is 5. The highest BCUT2D eigenvalue weighted by molar-refractivity contribution is 5.67. The Morgan fingerprint density at radius 3 is 2.71 bits per heavy atom. The highest BCUT2D eigenvalue weighted by Crippen LogP contribution is 2.24. The number of carboxylic acid groups (broad SMARTS) is 1. The van der Waals surface area contributed by atoms with E-state index in [0.717, 1.165) is 6.42 Å². The first kappa shape index (κ1) is 16.9. The molecule has 0 saturated carbocycles. The molecule has 0 aliphatic carbocycles. The van der Waals surface area contributed by atoms with Crippen LogP contribution in [0.3, 0.4) is 0 Å². The first-order chi connectivity index (χ1) is 9.79. The second kappa shape index (κ2) is 7.56. The van der Waals surface area contributed by atoms with Gasteiger partial charge in [-0.2, -0.15) is 0 Å². The normalized spacial score (nSPS) is 12.2. The summed E-state index contributed by atoms with van der Waals surface area (Å²) in [4.78, 5) is 25.4. The lowest BCUT2D eigenvalue weighted by Gasteiger charge is -2.18. The molecule has 0 aromatic carbocycles. The van der Waals surface area contributed by atoms with E-state index in [1.807, 2.05) is 13.8 Å². The third-order valence-electron chi connectivity index (χ3n) is 3.03. The standard InChI is InChI=1S/C14H21N3O4/c1-9(2)4-11(6-13(18)19)8-16-14-12(17(20)21)5-10(3)7-15-14/h5,7,9,11H,4,6,8H2,1-3H3,(H,15,16)(H,18,19). The second-order valence-corrected chi connectivity index (χ2v) is 5.61. The van der Waals surface area contributed by atoms with Crippen LogP contribution in [-0.4, -0.2) is 27.5 Å². The van der Waals surface area contributed by atoms with Crippen molar-refractivity contribution in [2.45, 2.75) is 33.6 Å². The number of aromatic nitrogens is 1. The van der Waals surface area contributed by atoms with Gasteiger partial charge in [-0.25, -0.2) is 4.98 Å². The molecule has 0 aliphatic heterocycles. The summed E-state index contributed by atoms with van der Waals surface area (Å²) in [5.74, 6) is -0.416. The molecule has 7 nitrogen and oxygen atoms in total. The molecule has 1 rings (SSSR count). The van der Waals surface area contributed by atoms with Crippen molar-refractivity contribution in [3.05, 3.63) is 27.9 Å². The lowest BCUT2D eigenvalue weighted by molar-refractivity contribution is -0.384. The number of anilines is 1. The van der Waals surface area contributed by atoms with E-state index in [-0.39, 0.29) is 23.8 Å². The number of hydrogen-bond donors (Lipinski definition) is 2. The van der Waals surface area contributed by atoms with Crippen LogP contribution in [-0.2, 0) is 4.79 Å². The number of nitrogens with zero attached hydrogens (tertiary/aromatic N) is 2. The highest BCUT2D eigenvalue weighted by atomic mass is 16.6. The molecule has 0 bridgehead atoms. The molecular weight excluding hydrogens is 274 g/mol. The monoisotopic (exact) mass is 295 g/mol. The summed E-state index contributed by atoms with van der Waals surface area (Å²) in [6, 6.07) is 1.45. The van der Waals surface area contributed by atoms with E-state index in [4.69, 9.17) is 5.11 Å². The van der Waals surface area contributed by atoms with Gasteiger partial charge in [0, 0.05) is 25.2 Å². The quantitative estimate of drug-likeness (QED) is 0.564. The van der Waals surface area contributed by atoms with E-state index in [9.17, 15) is 14.9 Å². The lowest BCUT2D eigenvalue weighted by atomic mass is 9.94. The van der Waals surface area contributed by atoms with Gasteiger partial charge in [0.15, 0.2) is 0 Å². The molecule has 1 aromatic rings. The van der Waals surface area contributed by atoms with Gasteiger partial charge in [0.25, 0.3) is 0 Å². The van der Waals surface area contributed by atoms with Crippen LogP contribution in [0.1, 0.15) is 32.3 Å². The van der Waals surface area contributed by atoms with Crippen molar-refractivity contribution < 1.29 is 14.8 Å². The molecule has 116 valence electrons. The first-order valence-electron chi connectivity index (χ1n) is 6.86. The Hall–Kier alpha value is -2.18. The molecule has 0 saturated heterocycles. The molecular formula is C14H21N3O4. The van der Waals surface area contributed by atoms with Crippen molar-refractivity contribution in [2.75, 3.05) is 11.9 Å². The van der Waals surface area contributed by atoms with Gasteiger partial charge in [-0.15, -0.1) is 0 Å². The Kier molecular flexibility index (Phi) is 6.08. The third kappa shape index (κ3) is 5.76. The number of nitrogens with one attached hydrogen (secondary N) is 1. The van der Waals surface area contributed by atoms with Gasteiger partial charge in [-0.1, -0.05) is 13.8 Å². The maximum absolute atomic E-state index is 11.0. The van der Waals surface area contributed by atoms with Gasteiger partial charge in [-0.3, -0.25) is 14.9 Å². The van der Waals surface area contributed by atoms with Crippen LogP contribution >= 0.6 is 0 Å². The summed E-state index contributed by atoms with van der Waals surface area (Å²) in [7, 11) is 0. The van der Waals surface area contributed by atoms with E-state index >= 15 is 0 Å². The zero-order valence-corrected chi connectivity index (χ0v) is 12.5. The van der Waals surface area contributed by atoms with Crippen LogP contribution in [0, 0.1) is 28.9 Å². The molecule has 0 aliphatic rings. The maximum atomic E-state index is 11.0. The maximum Gasteiger partial charge on any atom is 0.311 e. The Balaban J connectivity index is 2.79. The molecule has 0 spiro atoms. The van der Waals surface area contributed by atoms with Crippen LogP contribution in [0.25, 0.3) is 0 Å². The minimum absolute atomic E-state index is 0.0326. The first-order valence-corrected chi connectivity index (χ1v) is 6.86. The average Bonchev–Trinajstić information content (AvgIpc) is 2.35. The molecule has 1 atom stereocenters. The summed E-state index contributed by atoms with van der Waals surface area (Å²) in [5.41, 5.74) is 0.616. The van der Waals surface area contributed by atoms with E-state index in [2.05, 4.69) is 10.3 Å². The number of aliphatic carboxylic acids is 1. The Morgan fingerprint density at radius 2 is 2.19 bits per heavy atom. The van der Waals surface area contributed by atoms with Crippen LogP contribution in [0.15, 0.2) is 12.3 Å². The van der Waals surface area contributed by atoms with Crippen molar-refractivity contribution in [1.29, 1.82) is 0 Å². The fraction of sp³-hybridized carbons (Fsp3) is 0.571. The van der Waals surface area contributed by atoms with Crippen molar-refractivity contribution >= 4 is 17.5 Å². The number of aryl methyl sites for hydroxylation is 1. The average molecular weight is 295 g/mol. The summed E-state index contributed by atoms with van der Waals surface area (Å²) < 4.78 is 0. The summed E-state index contributed by atoms with van der Waals surface area (Å²) >= 11 is 0. The van der Waals surface area contributed by atoms with Crippen molar-refractivity contribution in [2.24, 2.45) is 11.8 Å². The van der Waals surface area contributed by atoms with Gasteiger partial charge in [0.2, 0.25) is 5.82 Å². The van der Waals surface area contributed by atoms with Gasteiger partial charge >= 0.3 is 11.7 Å². The van der Waals surface area contributed by atoms with Crippen LogP contribution in [0.5, 0.6) is 0 Å². The fourth-order valence-corrected chi connectivity index (χ4v) is 2.22. The lowest BCUT2D eigenvalue weighted by Crippen LogP contribution is -2.20. The van der Waals surface area contributed by atoms with Gasteiger partial charge in [0.05, 0.1) is 4.92 Å². The SMILES string of the molecule is Cc1cnc(NCC(CC(=O)O)CC(C)C)c([N+](=O)[O-])c1.